The third kappa shape index (κ3) is 5.06. The SMILES string of the molecule is Cc1[c-]ccc(C)c1C.[C-]1=CC=CC1.[V+2]. The fourth-order valence-electron chi connectivity index (χ4n) is 1.16. The first-order valence-corrected chi connectivity index (χ1v) is 4.88. The van der Waals surface area contributed by atoms with E-state index in [2.05, 4.69) is 45.1 Å². The van der Waals surface area contributed by atoms with Crippen LogP contribution in [0.2, 0.25) is 0 Å². The van der Waals surface area contributed by atoms with Gasteiger partial charge in [0.2, 0.25) is 0 Å². The Morgan fingerprint density at radius 2 is 1.93 bits per heavy atom. The fourth-order valence-corrected chi connectivity index (χ4v) is 1.16. The minimum Gasteiger partial charge on any atom is -0.273 e. The summed E-state index contributed by atoms with van der Waals surface area (Å²) in [5.41, 5.74) is 3.97. The van der Waals surface area contributed by atoms with Gasteiger partial charge in [-0.2, -0.15) is 41.0 Å². The van der Waals surface area contributed by atoms with Gasteiger partial charge in [-0.05, 0) is 0 Å². The van der Waals surface area contributed by atoms with Gasteiger partial charge in [-0.1, -0.05) is 20.8 Å². The molecule has 0 unspecified atom stereocenters. The second-order valence-electron chi connectivity index (χ2n) is 3.41. The normalized spacial score (nSPS) is 11.7. The van der Waals surface area contributed by atoms with Crippen molar-refractivity contribution in [3.05, 3.63) is 59.2 Å². The van der Waals surface area contributed by atoms with Crippen molar-refractivity contribution in [2.75, 3.05) is 0 Å². The van der Waals surface area contributed by atoms with E-state index in [9.17, 15) is 0 Å². The molecule has 1 aliphatic rings. The van der Waals surface area contributed by atoms with Crippen molar-refractivity contribution in [1.82, 2.24) is 0 Å². The molecular weight excluding hydrogens is 219 g/mol. The van der Waals surface area contributed by atoms with Gasteiger partial charge in [0.15, 0.2) is 0 Å². The summed E-state index contributed by atoms with van der Waals surface area (Å²) in [6, 6.07) is 7.20. The van der Waals surface area contributed by atoms with Gasteiger partial charge >= 0.3 is 18.6 Å². The molecule has 2 rings (SSSR count). The van der Waals surface area contributed by atoms with Crippen LogP contribution in [0, 0.1) is 32.9 Å². The minimum absolute atomic E-state index is 0. The zero-order valence-electron chi connectivity index (χ0n) is 9.54. The maximum Gasteiger partial charge on any atom is 2.00 e. The van der Waals surface area contributed by atoms with E-state index in [4.69, 9.17) is 0 Å². The van der Waals surface area contributed by atoms with Gasteiger partial charge in [-0.15, -0.1) is 6.42 Å². The summed E-state index contributed by atoms with van der Waals surface area (Å²) in [6.07, 6.45) is 10.0. The van der Waals surface area contributed by atoms with E-state index in [1.165, 1.54) is 16.7 Å². The third-order valence-corrected chi connectivity index (χ3v) is 2.37. The Labute approximate surface area is 105 Å². The van der Waals surface area contributed by atoms with Crippen LogP contribution in [0.15, 0.2) is 30.4 Å². The summed E-state index contributed by atoms with van der Waals surface area (Å²) in [5.74, 6) is 0. The van der Waals surface area contributed by atoms with Gasteiger partial charge < -0.3 is 0 Å². The van der Waals surface area contributed by atoms with E-state index in [-0.39, 0.29) is 18.6 Å². The van der Waals surface area contributed by atoms with Crippen LogP contribution in [-0.2, 0) is 18.6 Å². The maximum atomic E-state index is 3.14. The summed E-state index contributed by atoms with van der Waals surface area (Å²) in [4.78, 5) is 0. The monoisotopic (exact) mass is 235 g/mol. The standard InChI is InChI=1S/C9H11.C5H5.V/c1-7-5-4-6-8(2)9(7)3;1-2-4-5-3-1;/h4-5H,1-3H3;1-3H,4H2;/q2*-1;+2. The number of allylic oxidation sites excluding steroid dienone is 4. The van der Waals surface area contributed by atoms with Crippen molar-refractivity contribution >= 4 is 0 Å². The number of hydrogen-bond donors (Lipinski definition) is 0. The molecule has 1 aromatic carbocycles. The third-order valence-electron chi connectivity index (χ3n) is 2.37. The molecule has 0 heterocycles. The Morgan fingerprint density at radius 1 is 1.20 bits per heavy atom. The molecule has 0 spiro atoms. The smallest absolute Gasteiger partial charge is 0.273 e. The van der Waals surface area contributed by atoms with Crippen LogP contribution in [-0.4, -0.2) is 0 Å². The molecule has 0 atom stereocenters. The van der Waals surface area contributed by atoms with Crippen LogP contribution in [0.25, 0.3) is 0 Å². The van der Waals surface area contributed by atoms with Crippen molar-refractivity contribution in [2.45, 2.75) is 27.2 Å². The van der Waals surface area contributed by atoms with Crippen molar-refractivity contribution in [3.63, 3.8) is 0 Å². The van der Waals surface area contributed by atoms with Crippen LogP contribution in [0.3, 0.4) is 0 Å². The molecule has 1 radical (unpaired) electrons. The zero-order valence-corrected chi connectivity index (χ0v) is 10.9. The summed E-state index contributed by atoms with van der Waals surface area (Å²) in [6.45, 7) is 6.33. The van der Waals surface area contributed by atoms with Crippen LogP contribution in [0.5, 0.6) is 0 Å². The van der Waals surface area contributed by atoms with Crippen molar-refractivity contribution in [1.29, 1.82) is 0 Å². The Morgan fingerprint density at radius 3 is 2.27 bits per heavy atom. The Hall–Kier alpha value is -0.716. The second-order valence-corrected chi connectivity index (χ2v) is 3.41. The summed E-state index contributed by atoms with van der Waals surface area (Å²) < 4.78 is 0. The molecule has 0 aliphatic heterocycles. The molecule has 0 saturated heterocycles. The molecule has 77 valence electrons. The van der Waals surface area contributed by atoms with Gasteiger partial charge in [-0.25, -0.2) is 12.2 Å². The molecule has 0 fully saturated rings. The van der Waals surface area contributed by atoms with Gasteiger partial charge in [0.25, 0.3) is 0 Å². The Bertz CT molecular complexity index is 318. The van der Waals surface area contributed by atoms with E-state index in [1.54, 1.807) is 0 Å². The van der Waals surface area contributed by atoms with Crippen LogP contribution < -0.4 is 0 Å². The first kappa shape index (κ1) is 14.3. The maximum absolute atomic E-state index is 3.14. The number of benzene rings is 1. The molecule has 1 heteroatoms. The van der Waals surface area contributed by atoms with Gasteiger partial charge in [0.05, 0.1) is 0 Å². The molecule has 15 heavy (non-hydrogen) atoms. The molecule has 0 nitrogen and oxygen atoms in total. The zero-order chi connectivity index (χ0) is 10.4. The van der Waals surface area contributed by atoms with Crippen molar-refractivity contribution in [2.24, 2.45) is 0 Å². The Kier molecular flexibility index (Phi) is 7.20. The predicted molar refractivity (Wildman–Crippen MR) is 61.1 cm³/mol. The first-order valence-electron chi connectivity index (χ1n) is 4.88. The van der Waals surface area contributed by atoms with E-state index < -0.39 is 0 Å². The van der Waals surface area contributed by atoms with E-state index in [0.29, 0.717) is 0 Å². The van der Waals surface area contributed by atoms with Gasteiger partial charge in [0, 0.05) is 0 Å². The average molecular weight is 235 g/mol. The minimum atomic E-state index is 0. The van der Waals surface area contributed by atoms with Crippen LogP contribution in [0.4, 0.5) is 0 Å². The molecule has 0 bridgehead atoms. The molecule has 1 aliphatic carbocycles. The molecule has 0 saturated carbocycles. The number of rotatable bonds is 0. The molecule has 0 aromatic heterocycles. The molecule has 1 aromatic rings. The van der Waals surface area contributed by atoms with Crippen LogP contribution in [0.1, 0.15) is 23.1 Å². The summed E-state index contributed by atoms with van der Waals surface area (Å²) in [5, 5.41) is 0. The number of aryl methyl sites for hydroxylation is 2. The van der Waals surface area contributed by atoms with Crippen LogP contribution >= 0.6 is 0 Å². The second kappa shape index (κ2) is 7.56. The fraction of sp³-hybridized carbons (Fsp3) is 0.286. The van der Waals surface area contributed by atoms with E-state index >= 15 is 0 Å². The Balaban J connectivity index is 0.000000280. The summed E-state index contributed by atoms with van der Waals surface area (Å²) >= 11 is 0. The molecular formula is C14H16V. The quantitative estimate of drug-likeness (QED) is 0.601. The predicted octanol–water partition coefficient (Wildman–Crippen LogP) is 3.72. The van der Waals surface area contributed by atoms with E-state index in [0.717, 1.165) is 6.42 Å². The topological polar surface area (TPSA) is 0 Å². The molecule has 0 N–H and O–H groups in total. The van der Waals surface area contributed by atoms with Crippen molar-refractivity contribution in [3.8, 4) is 0 Å². The average Bonchev–Trinajstić information content (AvgIpc) is 2.72. The van der Waals surface area contributed by atoms with E-state index in [1.807, 2.05) is 18.2 Å². The first-order chi connectivity index (χ1) is 6.72. The summed E-state index contributed by atoms with van der Waals surface area (Å²) in [7, 11) is 0. The molecule has 0 amide bonds. The van der Waals surface area contributed by atoms with Gasteiger partial charge in [-0.3, -0.25) is 6.08 Å². The van der Waals surface area contributed by atoms with Crippen molar-refractivity contribution < 1.29 is 18.6 Å². The number of hydrogen-bond acceptors (Lipinski definition) is 0. The van der Waals surface area contributed by atoms with Gasteiger partial charge in [0.1, 0.15) is 0 Å². The largest absolute Gasteiger partial charge is 2.00 e.